The predicted octanol–water partition coefficient (Wildman–Crippen LogP) is 3.53. The second kappa shape index (κ2) is 11.9. The molecule has 1 unspecified atom stereocenters. The molecule has 2 aliphatic heterocycles. The Balaban J connectivity index is 1.22. The van der Waals surface area contributed by atoms with Crippen molar-refractivity contribution < 1.29 is 17.9 Å². The van der Waals surface area contributed by atoms with Gasteiger partial charge in [0.1, 0.15) is 11.9 Å². The van der Waals surface area contributed by atoms with E-state index in [1.54, 1.807) is 18.2 Å². The number of benzene rings is 2. The summed E-state index contributed by atoms with van der Waals surface area (Å²) in [6.07, 6.45) is 6.50. The summed E-state index contributed by atoms with van der Waals surface area (Å²) in [6, 6.07) is 14.8. The van der Waals surface area contributed by atoms with Crippen LogP contribution in [0, 0.1) is 0 Å². The molecule has 0 bridgehead atoms. The molecule has 8 nitrogen and oxygen atoms in total. The number of halogens is 1. The van der Waals surface area contributed by atoms with Crippen molar-refractivity contribution in [2.45, 2.75) is 30.5 Å². The van der Waals surface area contributed by atoms with Crippen LogP contribution in [0.4, 0.5) is 0 Å². The predicted molar refractivity (Wildman–Crippen MR) is 148 cm³/mol. The maximum atomic E-state index is 13.1. The number of nitrogens with one attached hydrogen (secondary N) is 1. The first-order valence-electron chi connectivity index (χ1n) is 12.6. The monoisotopic (exact) mass is 554 g/mol. The Morgan fingerprint density at radius 1 is 1.13 bits per heavy atom. The number of hydrogen-bond acceptors (Lipinski definition) is 7. The molecule has 5 rings (SSSR count). The fraction of sp³-hybridized carbons (Fsp3) is 0.321. The third kappa shape index (κ3) is 6.09. The number of morpholine rings is 1. The lowest BCUT2D eigenvalue weighted by Gasteiger charge is -2.26. The molecule has 0 radical (unpaired) electrons. The first-order chi connectivity index (χ1) is 18.4. The maximum Gasteiger partial charge on any atom is 0.243 e. The van der Waals surface area contributed by atoms with E-state index < -0.39 is 10.0 Å². The van der Waals surface area contributed by atoms with Crippen molar-refractivity contribution in [3.05, 3.63) is 88.7 Å². The Morgan fingerprint density at radius 2 is 1.97 bits per heavy atom. The van der Waals surface area contributed by atoms with Gasteiger partial charge in [0.2, 0.25) is 10.0 Å². The van der Waals surface area contributed by atoms with E-state index >= 15 is 0 Å². The van der Waals surface area contributed by atoms with E-state index in [1.807, 2.05) is 48.7 Å². The molecule has 1 fully saturated rings. The summed E-state index contributed by atoms with van der Waals surface area (Å²) in [4.78, 5) is 4.57. The zero-order chi connectivity index (χ0) is 26.5. The molecule has 2 aliphatic rings. The number of fused-ring (bicyclic) bond motifs is 1. The van der Waals surface area contributed by atoms with Crippen LogP contribution in [0.1, 0.15) is 16.8 Å². The minimum atomic E-state index is -3.59. The van der Waals surface area contributed by atoms with E-state index in [1.165, 1.54) is 4.31 Å². The van der Waals surface area contributed by atoms with E-state index in [0.29, 0.717) is 63.1 Å². The smallest absolute Gasteiger partial charge is 0.243 e. The highest BCUT2D eigenvalue weighted by Crippen LogP contribution is 2.40. The molecule has 2 aromatic carbocycles. The minimum Gasteiger partial charge on any atom is -0.484 e. The molecule has 10 heteroatoms. The number of ether oxygens (including phenoxy) is 2. The van der Waals surface area contributed by atoms with Crippen molar-refractivity contribution in [2.75, 3.05) is 32.8 Å². The van der Waals surface area contributed by atoms with Crippen LogP contribution in [0.3, 0.4) is 0 Å². The molecule has 3 heterocycles. The molecule has 0 spiro atoms. The molecular weight excluding hydrogens is 524 g/mol. The van der Waals surface area contributed by atoms with Gasteiger partial charge in [-0.1, -0.05) is 35.9 Å². The lowest BCUT2D eigenvalue weighted by molar-refractivity contribution is 0.0730. The van der Waals surface area contributed by atoms with Gasteiger partial charge in [0.15, 0.2) is 0 Å². The third-order valence-corrected chi connectivity index (χ3v) is 8.80. The molecule has 38 heavy (non-hydrogen) atoms. The number of pyridine rings is 1. The van der Waals surface area contributed by atoms with E-state index in [0.717, 1.165) is 27.9 Å². The van der Waals surface area contributed by atoms with Crippen molar-refractivity contribution in [3.63, 3.8) is 0 Å². The highest BCUT2D eigenvalue weighted by Gasteiger charge is 2.27. The first-order valence-corrected chi connectivity index (χ1v) is 14.4. The van der Waals surface area contributed by atoms with Crippen LogP contribution < -0.4 is 15.8 Å². The molecule has 0 saturated carbocycles. The van der Waals surface area contributed by atoms with Crippen molar-refractivity contribution in [1.29, 1.82) is 0 Å². The zero-order valence-electron chi connectivity index (χ0n) is 21.0. The molecule has 200 valence electrons. The summed E-state index contributed by atoms with van der Waals surface area (Å²) in [5.74, 6) is 0.682. The minimum absolute atomic E-state index is 0.113. The lowest BCUT2D eigenvalue weighted by atomic mass is 10.0. The van der Waals surface area contributed by atoms with Crippen LogP contribution in [-0.4, -0.2) is 56.7 Å². The summed E-state index contributed by atoms with van der Waals surface area (Å²) in [5, 5.41) is 3.88. The van der Waals surface area contributed by atoms with Gasteiger partial charge >= 0.3 is 0 Å². The number of sulfonamides is 1. The van der Waals surface area contributed by atoms with Gasteiger partial charge in [-0.2, -0.15) is 4.31 Å². The standard InChI is InChI=1S/C28H31ClN4O4S/c29-27-16-22(21-3-1-5-26(15-21)38(34,35)33-9-11-36-12-10-33)13-23-14-25(37-28(23)27)4-2-8-31-18-20-6-7-24(17-30)32-19-20/h1-7,13,15-16,19,25,31H,8-12,14,17-18,30H2. The number of hydrogen-bond donors (Lipinski definition) is 2. The number of nitrogens with two attached hydrogens (primary N) is 1. The van der Waals surface area contributed by atoms with E-state index in [-0.39, 0.29) is 11.0 Å². The molecule has 1 atom stereocenters. The molecule has 1 aromatic heterocycles. The molecule has 1 saturated heterocycles. The van der Waals surface area contributed by atoms with E-state index in [4.69, 9.17) is 26.8 Å². The summed E-state index contributed by atoms with van der Waals surface area (Å²) >= 11 is 6.60. The highest BCUT2D eigenvalue weighted by atomic mass is 35.5. The van der Waals surface area contributed by atoms with Gasteiger partial charge in [-0.05, 0) is 53.1 Å². The summed E-state index contributed by atoms with van der Waals surface area (Å²) in [7, 11) is -3.59. The van der Waals surface area contributed by atoms with Crippen molar-refractivity contribution in [2.24, 2.45) is 5.73 Å². The van der Waals surface area contributed by atoms with Gasteiger partial charge in [-0.25, -0.2) is 8.42 Å². The normalized spacial score (nSPS) is 18.0. The number of aromatic nitrogens is 1. The third-order valence-electron chi connectivity index (χ3n) is 6.62. The summed E-state index contributed by atoms with van der Waals surface area (Å²) in [5.41, 5.74) is 10.2. The van der Waals surface area contributed by atoms with Gasteiger partial charge in [0.05, 0.1) is 28.8 Å². The average Bonchev–Trinajstić information content (AvgIpc) is 3.37. The van der Waals surface area contributed by atoms with Gasteiger partial charge in [-0.15, -0.1) is 0 Å². The topological polar surface area (TPSA) is 107 Å². The Kier molecular flexibility index (Phi) is 8.42. The molecule has 3 N–H and O–H groups in total. The average molecular weight is 555 g/mol. The lowest BCUT2D eigenvalue weighted by Crippen LogP contribution is -2.40. The SMILES string of the molecule is NCc1ccc(CNCC=CC2Cc3cc(-c4cccc(S(=O)(=O)N5CCOCC5)c4)cc(Cl)c3O2)cn1. The van der Waals surface area contributed by atoms with Gasteiger partial charge in [0, 0.05) is 50.9 Å². The van der Waals surface area contributed by atoms with Crippen LogP contribution in [0.25, 0.3) is 11.1 Å². The second-order valence-corrected chi connectivity index (χ2v) is 11.6. The van der Waals surface area contributed by atoms with Crippen molar-refractivity contribution in [1.82, 2.24) is 14.6 Å². The molecule has 3 aromatic rings. The Morgan fingerprint density at radius 3 is 2.74 bits per heavy atom. The number of rotatable bonds is 9. The van der Waals surface area contributed by atoms with E-state index in [2.05, 4.69) is 10.3 Å². The first kappa shape index (κ1) is 26.8. The van der Waals surface area contributed by atoms with Crippen LogP contribution in [-0.2, 0) is 34.3 Å². The molecule has 0 aliphatic carbocycles. The maximum absolute atomic E-state index is 13.1. The van der Waals surface area contributed by atoms with Gasteiger partial charge in [0.25, 0.3) is 0 Å². The Hall–Kier alpha value is -2.79. The molecule has 0 amide bonds. The Labute approximate surface area is 228 Å². The van der Waals surface area contributed by atoms with Crippen LogP contribution in [0.2, 0.25) is 5.02 Å². The van der Waals surface area contributed by atoms with Crippen molar-refractivity contribution >= 4 is 21.6 Å². The zero-order valence-corrected chi connectivity index (χ0v) is 22.5. The summed E-state index contributed by atoms with van der Waals surface area (Å²) < 4.78 is 39.1. The fourth-order valence-electron chi connectivity index (χ4n) is 4.59. The Bertz CT molecular complexity index is 1410. The fourth-order valence-corrected chi connectivity index (χ4v) is 6.33. The van der Waals surface area contributed by atoms with Crippen LogP contribution in [0.5, 0.6) is 5.75 Å². The van der Waals surface area contributed by atoms with E-state index in [9.17, 15) is 8.42 Å². The second-order valence-electron chi connectivity index (χ2n) is 9.27. The van der Waals surface area contributed by atoms with Crippen molar-refractivity contribution in [3.8, 4) is 16.9 Å². The quantitative estimate of drug-likeness (QED) is 0.308. The largest absolute Gasteiger partial charge is 0.484 e. The molecular formula is C28H31ClN4O4S. The van der Waals surface area contributed by atoms with Crippen LogP contribution in [0.15, 0.2) is 71.8 Å². The van der Waals surface area contributed by atoms with Gasteiger partial charge < -0.3 is 20.5 Å². The van der Waals surface area contributed by atoms with Gasteiger partial charge in [-0.3, -0.25) is 4.98 Å². The summed E-state index contributed by atoms with van der Waals surface area (Å²) in [6.45, 7) is 3.38. The number of nitrogens with zero attached hydrogens (tertiary/aromatic N) is 2. The van der Waals surface area contributed by atoms with Crippen LogP contribution >= 0.6 is 11.6 Å². The highest BCUT2D eigenvalue weighted by molar-refractivity contribution is 7.89.